The predicted octanol–water partition coefficient (Wildman–Crippen LogP) is 3.47. The zero-order chi connectivity index (χ0) is 18.6. The highest BCUT2D eigenvalue weighted by atomic mass is 19.4. The summed E-state index contributed by atoms with van der Waals surface area (Å²) in [6, 6.07) is 6.85. The molecule has 2 aromatic rings. The van der Waals surface area contributed by atoms with Crippen molar-refractivity contribution in [2.24, 2.45) is 0 Å². The Hall–Kier alpha value is -2.70. The molecule has 1 heterocycles. The number of nitrogens with zero attached hydrogens (tertiary/aromatic N) is 1. The summed E-state index contributed by atoms with van der Waals surface area (Å²) in [4.78, 5) is 27.3. The number of halogens is 3. The van der Waals surface area contributed by atoms with Crippen molar-refractivity contribution in [1.29, 1.82) is 0 Å². The molecular formula is C18H17F3N2O2. The summed E-state index contributed by atoms with van der Waals surface area (Å²) < 4.78 is 38.8. The van der Waals surface area contributed by atoms with Crippen molar-refractivity contribution in [2.75, 3.05) is 0 Å². The number of Topliss-reactive ketones (excluding diaryl/α,β-unsaturated/α-hetero) is 1. The van der Waals surface area contributed by atoms with Crippen LogP contribution in [0.2, 0.25) is 0 Å². The maximum absolute atomic E-state index is 12.9. The number of amides is 1. The first-order valence-corrected chi connectivity index (χ1v) is 7.56. The van der Waals surface area contributed by atoms with Gasteiger partial charge in [-0.3, -0.25) is 14.6 Å². The van der Waals surface area contributed by atoms with Gasteiger partial charge in [-0.05, 0) is 43.2 Å². The smallest absolute Gasteiger partial charge is 0.348 e. The summed E-state index contributed by atoms with van der Waals surface area (Å²) in [6.07, 6.45) is -2.90. The van der Waals surface area contributed by atoms with Crippen LogP contribution in [0.1, 0.15) is 39.7 Å². The minimum atomic E-state index is -4.43. The second-order valence-electron chi connectivity index (χ2n) is 5.68. The van der Waals surface area contributed by atoms with Crippen LogP contribution in [0, 0.1) is 6.92 Å². The molecule has 0 aliphatic rings. The summed E-state index contributed by atoms with van der Waals surface area (Å²) in [7, 11) is 0. The van der Waals surface area contributed by atoms with Gasteiger partial charge in [0.1, 0.15) is 5.78 Å². The van der Waals surface area contributed by atoms with Gasteiger partial charge in [-0.15, -0.1) is 0 Å². The molecular weight excluding hydrogens is 333 g/mol. The summed E-state index contributed by atoms with van der Waals surface area (Å²) >= 11 is 0. The average molecular weight is 350 g/mol. The first kappa shape index (κ1) is 18.6. The molecule has 4 nitrogen and oxygen atoms in total. The van der Waals surface area contributed by atoms with E-state index in [4.69, 9.17) is 0 Å². The van der Waals surface area contributed by atoms with Gasteiger partial charge in [-0.2, -0.15) is 13.2 Å². The monoisotopic (exact) mass is 350 g/mol. The normalized spacial score (nSPS) is 11.2. The fraction of sp³-hybridized carbons (Fsp3) is 0.278. The molecule has 2 rings (SSSR count). The van der Waals surface area contributed by atoms with E-state index in [-0.39, 0.29) is 24.3 Å². The standard InChI is InChI=1S/C18H17F3N2O2/c1-11(24)8-15-9-13(6-7-22-15)17(25)23-10-14-4-3-5-16(12(14)2)18(19,20)21/h3-7,9H,8,10H2,1-2H3,(H,23,25). The van der Waals surface area contributed by atoms with Crippen LogP contribution in [0.25, 0.3) is 0 Å². The van der Waals surface area contributed by atoms with E-state index in [1.165, 1.54) is 38.2 Å². The SMILES string of the molecule is CC(=O)Cc1cc(C(=O)NCc2cccc(C(F)(F)F)c2C)ccn1. The molecule has 0 aliphatic carbocycles. The van der Waals surface area contributed by atoms with Crippen molar-refractivity contribution in [3.63, 3.8) is 0 Å². The number of hydrogen-bond donors (Lipinski definition) is 1. The van der Waals surface area contributed by atoms with Crippen LogP contribution < -0.4 is 5.32 Å². The van der Waals surface area contributed by atoms with Gasteiger partial charge < -0.3 is 5.32 Å². The number of carbonyl (C=O) groups excluding carboxylic acids is 2. The maximum atomic E-state index is 12.9. The van der Waals surface area contributed by atoms with Gasteiger partial charge in [0.2, 0.25) is 0 Å². The van der Waals surface area contributed by atoms with Gasteiger partial charge in [0.25, 0.3) is 5.91 Å². The van der Waals surface area contributed by atoms with Gasteiger partial charge in [0.15, 0.2) is 0 Å². The molecule has 0 spiro atoms. The topological polar surface area (TPSA) is 59.1 Å². The molecule has 25 heavy (non-hydrogen) atoms. The van der Waals surface area contributed by atoms with Crippen LogP contribution in [0.4, 0.5) is 13.2 Å². The Bertz CT molecular complexity index is 801. The zero-order valence-corrected chi connectivity index (χ0v) is 13.8. The van der Waals surface area contributed by atoms with Crippen molar-refractivity contribution in [1.82, 2.24) is 10.3 Å². The number of hydrogen-bond acceptors (Lipinski definition) is 3. The summed E-state index contributed by atoms with van der Waals surface area (Å²) in [5.74, 6) is -0.520. The molecule has 7 heteroatoms. The van der Waals surface area contributed by atoms with Gasteiger partial charge in [-0.25, -0.2) is 0 Å². The lowest BCUT2D eigenvalue weighted by Crippen LogP contribution is -2.24. The molecule has 0 saturated heterocycles. The van der Waals surface area contributed by atoms with E-state index < -0.39 is 17.6 Å². The van der Waals surface area contributed by atoms with Crippen molar-refractivity contribution in [3.8, 4) is 0 Å². The minimum absolute atomic E-state index is 0.0288. The molecule has 0 fully saturated rings. The van der Waals surface area contributed by atoms with Gasteiger partial charge >= 0.3 is 6.18 Å². The molecule has 1 aromatic carbocycles. The third-order valence-electron chi connectivity index (χ3n) is 3.70. The Morgan fingerprint density at radius 1 is 1.20 bits per heavy atom. The molecule has 0 bridgehead atoms. The second kappa shape index (κ2) is 7.46. The van der Waals surface area contributed by atoms with E-state index in [1.807, 2.05) is 0 Å². The van der Waals surface area contributed by atoms with Crippen molar-refractivity contribution in [2.45, 2.75) is 33.0 Å². The number of rotatable bonds is 5. The van der Waals surface area contributed by atoms with Crippen LogP contribution in [-0.2, 0) is 23.9 Å². The van der Waals surface area contributed by atoms with Crippen LogP contribution >= 0.6 is 0 Å². The number of alkyl halides is 3. The third-order valence-corrected chi connectivity index (χ3v) is 3.70. The van der Waals surface area contributed by atoms with E-state index in [0.717, 1.165) is 6.07 Å². The Morgan fingerprint density at radius 3 is 2.56 bits per heavy atom. The zero-order valence-electron chi connectivity index (χ0n) is 13.8. The first-order chi connectivity index (χ1) is 11.7. The van der Waals surface area contributed by atoms with Gasteiger partial charge in [0.05, 0.1) is 5.56 Å². The van der Waals surface area contributed by atoms with E-state index in [0.29, 0.717) is 16.8 Å². The van der Waals surface area contributed by atoms with Crippen molar-refractivity contribution in [3.05, 3.63) is 64.5 Å². The van der Waals surface area contributed by atoms with Gasteiger partial charge in [0, 0.05) is 30.4 Å². The molecule has 0 saturated carbocycles. The van der Waals surface area contributed by atoms with E-state index in [1.54, 1.807) is 6.07 Å². The number of ketones is 1. The lowest BCUT2D eigenvalue weighted by atomic mass is 10.0. The van der Waals surface area contributed by atoms with E-state index >= 15 is 0 Å². The summed E-state index contributed by atoms with van der Waals surface area (Å²) in [5.41, 5.74) is 0.529. The predicted molar refractivity (Wildman–Crippen MR) is 86.0 cm³/mol. The number of nitrogens with one attached hydrogen (secondary N) is 1. The van der Waals surface area contributed by atoms with Crippen molar-refractivity contribution < 1.29 is 22.8 Å². The molecule has 1 aromatic heterocycles. The Morgan fingerprint density at radius 2 is 1.92 bits per heavy atom. The Kier molecular flexibility index (Phi) is 5.56. The number of aromatic nitrogens is 1. The molecule has 0 atom stereocenters. The van der Waals surface area contributed by atoms with Gasteiger partial charge in [-0.1, -0.05) is 12.1 Å². The third kappa shape index (κ3) is 4.89. The Balaban J connectivity index is 2.12. The molecule has 0 aliphatic heterocycles. The number of carbonyl (C=O) groups is 2. The molecule has 132 valence electrons. The average Bonchev–Trinajstić information content (AvgIpc) is 2.52. The van der Waals surface area contributed by atoms with Crippen LogP contribution in [-0.4, -0.2) is 16.7 Å². The Labute approximate surface area is 143 Å². The molecule has 1 amide bonds. The number of pyridine rings is 1. The lowest BCUT2D eigenvalue weighted by molar-refractivity contribution is -0.138. The molecule has 1 N–H and O–H groups in total. The van der Waals surface area contributed by atoms with Crippen LogP contribution in [0.3, 0.4) is 0 Å². The lowest BCUT2D eigenvalue weighted by Gasteiger charge is -2.14. The highest BCUT2D eigenvalue weighted by Gasteiger charge is 2.32. The van der Waals surface area contributed by atoms with Crippen molar-refractivity contribution >= 4 is 11.7 Å². The highest BCUT2D eigenvalue weighted by molar-refractivity contribution is 5.94. The largest absolute Gasteiger partial charge is 0.416 e. The summed E-state index contributed by atoms with van der Waals surface area (Å²) in [5, 5.41) is 2.60. The molecule has 0 radical (unpaired) electrons. The maximum Gasteiger partial charge on any atom is 0.416 e. The van der Waals surface area contributed by atoms with E-state index in [2.05, 4.69) is 10.3 Å². The fourth-order valence-corrected chi connectivity index (χ4v) is 2.43. The number of benzene rings is 1. The van der Waals surface area contributed by atoms with Crippen LogP contribution in [0.5, 0.6) is 0 Å². The summed E-state index contributed by atoms with van der Waals surface area (Å²) in [6.45, 7) is 2.77. The quantitative estimate of drug-likeness (QED) is 0.898. The highest BCUT2D eigenvalue weighted by Crippen LogP contribution is 2.32. The molecule has 0 unspecified atom stereocenters. The second-order valence-corrected chi connectivity index (χ2v) is 5.68. The fourth-order valence-electron chi connectivity index (χ4n) is 2.43. The minimum Gasteiger partial charge on any atom is -0.348 e. The van der Waals surface area contributed by atoms with E-state index in [9.17, 15) is 22.8 Å². The first-order valence-electron chi connectivity index (χ1n) is 7.56. The van der Waals surface area contributed by atoms with Crippen LogP contribution in [0.15, 0.2) is 36.5 Å².